The lowest BCUT2D eigenvalue weighted by molar-refractivity contribution is -0.119. The number of ketones is 1. The summed E-state index contributed by atoms with van der Waals surface area (Å²) in [6.07, 6.45) is 12.5. The summed E-state index contributed by atoms with van der Waals surface area (Å²) in [5.74, 6) is 4.81. The van der Waals surface area contributed by atoms with Crippen LogP contribution in [-0.4, -0.2) is 5.78 Å². The SMILES string of the molecule is C=C(C)[C@H]1CC[C@H]2C3CC[C@H]4CCC(=O)CC[C@]4(C)[C@H]3CC[C@]12C. The predicted molar refractivity (Wildman–Crippen MR) is 99.7 cm³/mol. The van der Waals surface area contributed by atoms with Crippen LogP contribution in [0.1, 0.15) is 85.0 Å². The maximum atomic E-state index is 12.1. The zero-order valence-corrected chi connectivity index (χ0v) is 16.1. The molecule has 1 heteroatoms. The number of hydrogen-bond donors (Lipinski definition) is 0. The Kier molecular flexibility index (Phi) is 4.01. The van der Waals surface area contributed by atoms with Crippen LogP contribution in [0.25, 0.3) is 0 Å². The highest BCUT2D eigenvalue weighted by atomic mass is 16.1. The van der Waals surface area contributed by atoms with Crippen molar-refractivity contribution in [1.82, 2.24) is 0 Å². The molecular weight excluding hydrogens is 292 g/mol. The molecule has 0 bridgehead atoms. The molecule has 4 fully saturated rings. The van der Waals surface area contributed by atoms with Gasteiger partial charge in [0, 0.05) is 12.8 Å². The summed E-state index contributed by atoms with van der Waals surface area (Å²) < 4.78 is 0. The highest BCUT2D eigenvalue weighted by molar-refractivity contribution is 5.78. The Balaban J connectivity index is 1.63. The van der Waals surface area contributed by atoms with E-state index in [2.05, 4.69) is 27.4 Å². The Morgan fingerprint density at radius 1 is 0.917 bits per heavy atom. The summed E-state index contributed by atoms with van der Waals surface area (Å²) >= 11 is 0. The smallest absolute Gasteiger partial charge is 0.132 e. The first-order chi connectivity index (χ1) is 11.4. The Hall–Kier alpha value is -0.590. The van der Waals surface area contributed by atoms with Gasteiger partial charge in [0.05, 0.1) is 0 Å². The van der Waals surface area contributed by atoms with Crippen molar-refractivity contribution in [2.75, 3.05) is 0 Å². The van der Waals surface area contributed by atoms with E-state index < -0.39 is 0 Å². The second kappa shape index (κ2) is 5.71. The van der Waals surface area contributed by atoms with Crippen molar-refractivity contribution in [1.29, 1.82) is 0 Å². The van der Waals surface area contributed by atoms with Gasteiger partial charge in [-0.15, -0.1) is 0 Å². The highest BCUT2D eigenvalue weighted by Crippen LogP contribution is 2.67. The summed E-state index contributed by atoms with van der Waals surface area (Å²) in [4.78, 5) is 12.1. The third-order valence-electron chi connectivity index (χ3n) is 9.37. The monoisotopic (exact) mass is 328 g/mol. The zero-order valence-electron chi connectivity index (χ0n) is 16.1. The van der Waals surface area contributed by atoms with Gasteiger partial charge >= 0.3 is 0 Å². The lowest BCUT2D eigenvalue weighted by Crippen LogP contribution is -2.51. The highest BCUT2D eigenvalue weighted by Gasteiger charge is 2.59. The van der Waals surface area contributed by atoms with Gasteiger partial charge in [0.25, 0.3) is 0 Å². The van der Waals surface area contributed by atoms with Gasteiger partial charge in [-0.3, -0.25) is 4.79 Å². The molecule has 4 aliphatic carbocycles. The first-order valence-electron chi connectivity index (χ1n) is 10.5. The second-order valence-corrected chi connectivity index (χ2v) is 10.3. The molecule has 0 aromatic rings. The van der Waals surface area contributed by atoms with Crippen molar-refractivity contribution in [3.05, 3.63) is 12.2 Å². The number of rotatable bonds is 1. The Morgan fingerprint density at radius 3 is 2.42 bits per heavy atom. The van der Waals surface area contributed by atoms with Crippen LogP contribution >= 0.6 is 0 Å². The topological polar surface area (TPSA) is 17.1 Å². The van der Waals surface area contributed by atoms with Crippen molar-refractivity contribution < 1.29 is 4.79 Å². The van der Waals surface area contributed by atoms with E-state index in [4.69, 9.17) is 0 Å². The van der Waals surface area contributed by atoms with E-state index in [0.717, 1.165) is 42.4 Å². The quantitative estimate of drug-likeness (QED) is 0.525. The van der Waals surface area contributed by atoms with Gasteiger partial charge < -0.3 is 0 Å². The summed E-state index contributed by atoms with van der Waals surface area (Å²) in [7, 11) is 0. The summed E-state index contributed by atoms with van der Waals surface area (Å²) in [5, 5.41) is 0. The molecule has 1 unspecified atom stereocenters. The molecular formula is C23H36O. The van der Waals surface area contributed by atoms with E-state index in [1.807, 2.05) is 0 Å². The van der Waals surface area contributed by atoms with Crippen LogP contribution in [0.15, 0.2) is 12.2 Å². The zero-order chi connectivity index (χ0) is 17.1. The van der Waals surface area contributed by atoms with Gasteiger partial charge in [-0.1, -0.05) is 26.0 Å². The maximum Gasteiger partial charge on any atom is 0.132 e. The van der Waals surface area contributed by atoms with E-state index >= 15 is 0 Å². The van der Waals surface area contributed by atoms with Gasteiger partial charge in [0.15, 0.2) is 0 Å². The van der Waals surface area contributed by atoms with Crippen LogP contribution in [0.2, 0.25) is 0 Å². The normalized spacial score (nSPS) is 51.3. The van der Waals surface area contributed by atoms with E-state index in [9.17, 15) is 4.79 Å². The molecule has 4 aliphatic rings. The van der Waals surface area contributed by atoms with Crippen molar-refractivity contribution in [2.24, 2.45) is 40.4 Å². The third kappa shape index (κ3) is 2.29. The fraction of sp³-hybridized carbons (Fsp3) is 0.870. The van der Waals surface area contributed by atoms with Crippen molar-refractivity contribution in [2.45, 2.75) is 85.0 Å². The fourth-order valence-electron chi connectivity index (χ4n) is 8.08. The van der Waals surface area contributed by atoms with E-state index in [1.165, 1.54) is 56.9 Å². The van der Waals surface area contributed by atoms with Crippen molar-refractivity contribution in [3.63, 3.8) is 0 Å². The minimum absolute atomic E-state index is 0.442. The number of allylic oxidation sites excluding steroid dienone is 1. The molecule has 0 radical (unpaired) electrons. The first kappa shape index (κ1) is 16.9. The van der Waals surface area contributed by atoms with Crippen LogP contribution in [0.5, 0.6) is 0 Å². The standard InChI is InChI=1S/C23H36O/c1-15(2)19-9-10-20-18-8-6-16-5-7-17(24)11-13-22(16,3)21(18)12-14-23(19,20)4/h16,18-21H,1,5-14H2,2-4H3/t16-,18?,19-,20+,21+,22+,23-/m1/s1. The Morgan fingerprint density at radius 2 is 1.67 bits per heavy atom. The second-order valence-electron chi connectivity index (χ2n) is 10.3. The Bertz CT molecular complexity index is 548. The molecule has 0 spiro atoms. The van der Waals surface area contributed by atoms with Crippen LogP contribution in [0, 0.1) is 40.4 Å². The van der Waals surface area contributed by atoms with Crippen LogP contribution < -0.4 is 0 Å². The molecule has 0 heterocycles. The van der Waals surface area contributed by atoms with Gasteiger partial charge in [0.1, 0.15) is 5.78 Å². The molecule has 4 saturated carbocycles. The average Bonchev–Trinajstić information content (AvgIpc) is 2.81. The minimum atomic E-state index is 0.442. The number of Topliss-reactive ketones (excluding diaryl/α,β-unsaturated/α-hetero) is 1. The minimum Gasteiger partial charge on any atom is -0.300 e. The van der Waals surface area contributed by atoms with E-state index in [-0.39, 0.29) is 0 Å². The van der Waals surface area contributed by atoms with Crippen LogP contribution in [0.3, 0.4) is 0 Å². The van der Waals surface area contributed by atoms with Crippen molar-refractivity contribution in [3.8, 4) is 0 Å². The number of carbonyl (C=O) groups excluding carboxylic acids is 1. The van der Waals surface area contributed by atoms with E-state index in [1.54, 1.807) is 0 Å². The molecule has 0 amide bonds. The first-order valence-corrected chi connectivity index (χ1v) is 10.5. The van der Waals surface area contributed by atoms with Crippen LogP contribution in [0.4, 0.5) is 0 Å². The molecule has 7 atom stereocenters. The predicted octanol–water partition coefficient (Wildman–Crippen LogP) is 6.18. The fourth-order valence-corrected chi connectivity index (χ4v) is 8.08. The molecule has 0 aromatic carbocycles. The third-order valence-corrected chi connectivity index (χ3v) is 9.37. The Labute approximate surface area is 148 Å². The van der Waals surface area contributed by atoms with Gasteiger partial charge in [-0.25, -0.2) is 0 Å². The van der Waals surface area contributed by atoms with E-state index in [0.29, 0.717) is 16.6 Å². The van der Waals surface area contributed by atoms with Crippen molar-refractivity contribution >= 4 is 5.78 Å². The molecule has 0 N–H and O–H groups in total. The summed E-state index contributed by atoms with van der Waals surface area (Å²) in [6, 6.07) is 0. The average molecular weight is 329 g/mol. The summed E-state index contributed by atoms with van der Waals surface area (Å²) in [5.41, 5.74) is 2.38. The lowest BCUT2D eigenvalue weighted by atomic mass is 9.46. The van der Waals surface area contributed by atoms with Crippen LogP contribution in [-0.2, 0) is 4.79 Å². The molecule has 4 rings (SSSR count). The maximum absolute atomic E-state index is 12.1. The number of hydrogen-bond acceptors (Lipinski definition) is 1. The molecule has 134 valence electrons. The number of fused-ring (bicyclic) bond motifs is 5. The molecule has 24 heavy (non-hydrogen) atoms. The molecule has 0 aliphatic heterocycles. The number of carbonyl (C=O) groups is 1. The van der Waals surface area contributed by atoms with Gasteiger partial charge in [-0.2, -0.15) is 0 Å². The molecule has 0 saturated heterocycles. The molecule has 0 aromatic heterocycles. The van der Waals surface area contributed by atoms with Gasteiger partial charge in [-0.05, 0) is 98.7 Å². The lowest BCUT2D eigenvalue weighted by Gasteiger charge is -2.59. The summed E-state index contributed by atoms with van der Waals surface area (Å²) in [6.45, 7) is 11.8. The van der Waals surface area contributed by atoms with Gasteiger partial charge in [0.2, 0.25) is 0 Å². The molecule has 1 nitrogen and oxygen atoms in total. The largest absolute Gasteiger partial charge is 0.300 e.